The molecule has 0 spiro atoms. The fourth-order valence-corrected chi connectivity index (χ4v) is 1.17. The summed E-state index contributed by atoms with van der Waals surface area (Å²) in [5, 5.41) is 22.1. The molecule has 0 saturated heterocycles. The van der Waals surface area contributed by atoms with E-state index >= 15 is 0 Å². The van der Waals surface area contributed by atoms with Crippen LogP contribution in [-0.2, 0) is 0 Å². The summed E-state index contributed by atoms with van der Waals surface area (Å²) in [7, 11) is 0. The predicted molar refractivity (Wildman–Crippen MR) is 49.9 cm³/mol. The maximum absolute atomic E-state index is 9.50. The average molecular weight is 185 g/mol. The van der Waals surface area contributed by atoms with Crippen LogP contribution in [-0.4, -0.2) is 14.9 Å². The highest BCUT2D eigenvalue weighted by atomic mass is 16.3. The fraction of sp³-hybridized carbons (Fsp3) is 0. The number of nitrogens with zero attached hydrogens (tertiary/aromatic N) is 3. The van der Waals surface area contributed by atoms with Crippen molar-refractivity contribution in [1.82, 2.24) is 9.78 Å². The van der Waals surface area contributed by atoms with Gasteiger partial charge in [-0.25, -0.2) is 4.68 Å². The van der Waals surface area contributed by atoms with Gasteiger partial charge in [-0.15, -0.1) is 0 Å². The van der Waals surface area contributed by atoms with Gasteiger partial charge in [-0.05, 0) is 12.1 Å². The van der Waals surface area contributed by atoms with Crippen LogP contribution < -0.4 is 0 Å². The zero-order chi connectivity index (χ0) is 9.97. The van der Waals surface area contributed by atoms with E-state index in [0.29, 0.717) is 11.3 Å². The van der Waals surface area contributed by atoms with E-state index < -0.39 is 0 Å². The first-order valence-electron chi connectivity index (χ1n) is 4.04. The van der Waals surface area contributed by atoms with Gasteiger partial charge < -0.3 is 5.11 Å². The van der Waals surface area contributed by atoms with Crippen molar-refractivity contribution in [1.29, 1.82) is 5.26 Å². The van der Waals surface area contributed by atoms with Gasteiger partial charge >= 0.3 is 0 Å². The van der Waals surface area contributed by atoms with Crippen LogP contribution >= 0.6 is 0 Å². The number of hydrogen-bond acceptors (Lipinski definition) is 3. The van der Waals surface area contributed by atoms with Crippen LogP contribution in [0.5, 0.6) is 5.75 Å². The number of nitriles is 1. The van der Waals surface area contributed by atoms with Gasteiger partial charge in [0.1, 0.15) is 17.5 Å². The van der Waals surface area contributed by atoms with Crippen molar-refractivity contribution in [2.75, 3.05) is 0 Å². The lowest BCUT2D eigenvalue weighted by molar-refractivity contribution is 0.470. The minimum absolute atomic E-state index is 0.139. The number of rotatable bonds is 1. The van der Waals surface area contributed by atoms with Crippen LogP contribution in [0, 0.1) is 11.3 Å². The molecule has 2 aromatic rings. The molecule has 0 amide bonds. The Bertz CT molecular complexity index is 496. The highest BCUT2D eigenvalue weighted by molar-refractivity contribution is 5.45. The number of aromatic nitrogens is 2. The summed E-state index contributed by atoms with van der Waals surface area (Å²) in [5.41, 5.74) is 1.03. The summed E-state index contributed by atoms with van der Waals surface area (Å²) in [4.78, 5) is 0. The molecule has 0 bridgehead atoms. The number of hydrogen-bond donors (Lipinski definition) is 1. The molecule has 0 atom stereocenters. The van der Waals surface area contributed by atoms with E-state index in [-0.39, 0.29) is 5.75 Å². The second-order valence-electron chi connectivity index (χ2n) is 2.77. The molecule has 4 heteroatoms. The van der Waals surface area contributed by atoms with Gasteiger partial charge in [0.05, 0.1) is 11.8 Å². The van der Waals surface area contributed by atoms with Gasteiger partial charge in [0, 0.05) is 6.20 Å². The molecule has 68 valence electrons. The van der Waals surface area contributed by atoms with Crippen molar-refractivity contribution in [2.45, 2.75) is 0 Å². The molecule has 1 N–H and O–H groups in total. The summed E-state index contributed by atoms with van der Waals surface area (Å²) >= 11 is 0. The predicted octanol–water partition coefficient (Wildman–Crippen LogP) is 1.45. The van der Waals surface area contributed by atoms with Crippen LogP contribution in [0.3, 0.4) is 0 Å². The van der Waals surface area contributed by atoms with Crippen molar-refractivity contribution in [2.24, 2.45) is 0 Å². The molecule has 0 aliphatic heterocycles. The molecule has 0 radical (unpaired) electrons. The molecule has 4 nitrogen and oxygen atoms in total. The number of para-hydroxylation sites is 2. The highest BCUT2D eigenvalue weighted by Gasteiger charge is 2.03. The first-order chi connectivity index (χ1) is 6.81. The Labute approximate surface area is 80.6 Å². The van der Waals surface area contributed by atoms with E-state index in [0.717, 1.165) is 0 Å². The van der Waals surface area contributed by atoms with Gasteiger partial charge in [-0.1, -0.05) is 12.1 Å². The molecule has 0 unspecified atom stereocenters. The van der Waals surface area contributed by atoms with Gasteiger partial charge in [-0.2, -0.15) is 10.4 Å². The maximum Gasteiger partial charge on any atom is 0.141 e. The standard InChI is InChI=1S/C10H7N3O/c11-5-8-6-12-13(7-8)9-3-1-2-4-10(9)14/h1-4,6-7,14H. The molecule has 1 heterocycles. The summed E-state index contributed by atoms with van der Waals surface area (Å²) < 4.78 is 1.47. The number of aromatic hydroxyl groups is 1. The maximum atomic E-state index is 9.50. The minimum Gasteiger partial charge on any atom is -0.506 e. The van der Waals surface area contributed by atoms with Crippen LogP contribution in [0.4, 0.5) is 0 Å². The third kappa shape index (κ3) is 1.31. The van der Waals surface area contributed by atoms with Gasteiger partial charge in [0.15, 0.2) is 0 Å². The first-order valence-corrected chi connectivity index (χ1v) is 4.04. The van der Waals surface area contributed by atoms with Gasteiger partial charge in [0.2, 0.25) is 0 Å². The lowest BCUT2D eigenvalue weighted by Crippen LogP contribution is -1.93. The Balaban J connectivity index is 2.51. The quantitative estimate of drug-likeness (QED) is 0.731. The Hall–Kier alpha value is -2.28. The van der Waals surface area contributed by atoms with Crippen LogP contribution in [0.15, 0.2) is 36.7 Å². The van der Waals surface area contributed by atoms with Crippen molar-refractivity contribution in [3.05, 3.63) is 42.2 Å². The van der Waals surface area contributed by atoms with E-state index in [1.54, 1.807) is 30.5 Å². The first kappa shape index (κ1) is 8.32. The Morgan fingerprint density at radius 1 is 1.36 bits per heavy atom. The Kier molecular flexibility index (Phi) is 1.92. The topological polar surface area (TPSA) is 61.8 Å². The van der Waals surface area contributed by atoms with Gasteiger partial charge in [0.25, 0.3) is 0 Å². The second kappa shape index (κ2) is 3.23. The molecule has 1 aromatic carbocycles. The van der Waals surface area contributed by atoms with E-state index in [2.05, 4.69) is 5.10 Å². The smallest absolute Gasteiger partial charge is 0.141 e. The normalized spacial score (nSPS) is 9.64. The highest BCUT2D eigenvalue weighted by Crippen LogP contribution is 2.19. The van der Waals surface area contributed by atoms with Crippen molar-refractivity contribution < 1.29 is 5.11 Å². The van der Waals surface area contributed by atoms with E-state index in [1.165, 1.54) is 10.9 Å². The molecular weight excluding hydrogens is 178 g/mol. The molecule has 0 aliphatic carbocycles. The third-order valence-electron chi connectivity index (χ3n) is 1.84. The molecule has 0 aliphatic rings. The van der Waals surface area contributed by atoms with Crippen LogP contribution in [0.25, 0.3) is 5.69 Å². The zero-order valence-corrected chi connectivity index (χ0v) is 7.25. The summed E-state index contributed by atoms with van der Waals surface area (Å²) in [5.74, 6) is 0.139. The third-order valence-corrected chi connectivity index (χ3v) is 1.84. The fourth-order valence-electron chi connectivity index (χ4n) is 1.17. The summed E-state index contributed by atoms with van der Waals surface area (Å²) in [6.07, 6.45) is 3.02. The lowest BCUT2D eigenvalue weighted by atomic mass is 10.3. The van der Waals surface area contributed by atoms with Crippen LogP contribution in [0.1, 0.15) is 5.56 Å². The number of benzene rings is 1. The minimum atomic E-state index is 0.139. The Morgan fingerprint density at radius 3 is 2.79 bits per heavy atom. The van der Waals surface area contributed by atoms with E-state index in [1.807, 2.05) is 6.07 Å². The SMILES string of the molecule is N#Cc1cnn(-c2ccccc2O)c1. The number of phenolic OH excluding ortho intramolecular Hbond substituents is 1. The Morgan fingerprint density at radius 2 is 2.14 bits per heavy atom. The average Bonchev–Trinajstić information content (AvgIpc) is 2.67. The molecule has 2 rings (SSSR count). The molecule has 14 heavy (non-hydrogen) atoms. The largest absolute Gasteiger partial charge is 0.506 e. The van der Waals surface area contributed by atoms with Crippen LogP contribution in [0.2, 0.25) is 0 Å². The molecule has 0 saturated carbocycles. The second-order valence-corrected chi connectivity index (χ2v) is 2.77. The zero-order valence-electron chi connectivity index (χ0n) is 7.25. The van der Waals surface area contributed by atoms with E-state index in [4.69, 9.17) is 5.26 Å². The summed E-state index contributed by atoms with van der Waals surface area (Å²) in [6, 6.07) is 8.79. The van der Waals surface area contributed by atoms with Gasteiger partial charge in [-0.3, -0.25) is 0 Å². The monoisotopic (exact) mass is 185 g/mol. The van der Waals surface area contributed by atoms with Crippen molar-refractivity contribution in [3.63, 3.8) is 0 Å². The lowest BCUT2D eigenvalue weighted by Gasteiger charge is -2.02. The number of phenols is 1. The molecule has 0 fully saturated rings. The van der Waals surface area contributed by atoms with Crippen molar-refractivity contribution in [3.8, 4) is 17.5 Å². The van der Waals surface area contributed by atoms with E-state index in [9.17, 15) is 5.11 Å². The molecular formula is C10H7N3O. The van der Waals surface area contributed by atoms with Crippen molar-refractivity contribution >= 4 is 0 Å². The molecule has 1 aromatic heterocycles. The summed E-state index contributed by atoms with van der Waals surface area (Å²) in [6.45, 7) is 0.